The number of benzene rings is 1. The van der Waals surface area contributed by atoms with Gasteiger partial charge in [0.1, 0.15) is 11.4 Å². The minimum atomic E-state index is -0.144. The highest BCUT2D eigenvalue weighted by Gasteiger charge is 2.39. The summed E-state index contributed by atoms with van der Waals surface area (Å²) in [6.45, 7) is 6.50. The molecule has 3 aromatic rings. The number of aromatic nitrogens is 2. The maximum Gasteiger partial charge on any atom is 0.290 e. The third-order valence-corrected chi connectivity index (χ3v) is 5.20. The number of carbonyl (C=O) groups is 1. The first-order chi connectivity index (χ1) is 12.5. The second-order valence-electron chi connectivity index (χ2n) is 7.05. The summed E-state index contributed by atoms with van der Waals surface area (Å²) in [4.78, 5) is 22.9. The van der Waals surface area contributed by atoms with Crippen LogP contribution in [0.25, 0.3) is 11.0 Å². The fourth-order valence-corrected chi connectivity index (χ4v) is 3.59. The molecule has 1 N–H and O–H groups in total. The van der Waals surface area contributed by atoms with Gasteiger partial charge in [-0.3, -0.25) is 4.79 Å². The number of aryl methyl sites for hydroxylation is 3. The number of imidazole rings is 1. The summed E-state index contributed by atoms with van der Waals surface area (Å²) in [6.07, 6.45) is 0.704. The SMILES string of the molecule is CO[C@@H]1C[C@@H](c2nc(C)c(C)[nH]2)N(C(=O)c2cc3cc(C)ccc3o2)C1. The number of hydrogen-bond acceptors (Lipinski definition) is 4. The van der Waals surface area contributed by atoms with Crippen molar-refractivity contribution in [2.75, 3.05) is 13.7 Å². The van der Waals surface area contributed by atoms with Crippen molar-refractivity contribution in [2.45, 2.75) is 39.3 Å². The number of ether oxygens (including phenoxy) is 1. The van der Waals surface area contributed by atoms with Crippen LogP contribution >= 0.6 is 0 Å². The standard InChI is InChI=1S/C20H23N3O3/c1-11-5-6-17-14(7-11)8-18(26-17)20(24)23-10-15(25-4)9-16(23)19-21-12(2)13(3)22-19/h5-8,15-16H,9-10H2,1-4H3,(H,21,22)/t15-,16+/m1/s1. The van der Waals surface area contributed by atoms with Crippen molar-refractivity contribution < 1.29 is 13.9 Å². The second kappa shape index (κ2) is 6.29. The summed E-state index contributed by atoms with van der Waals surface area (Å²) >= 11 is 0. The van der Waals surface area contributed by atoms with Crippen LogP contribution in [0.5, 0.6) is 0 Å². The van der Waals surface area contributed by atoms with Crippen LogP contribution in [0.2, 0.25) is 0 Å². The molecule has 3 heterocycles. The Morgan fingerprint density at radius 1 is 1.31 bits per heavy atom. The molecule has 0 saturated carbocycles. The van der Waals surface area contributed by atoms with Crippen LogP contribution in [-0.4, -0.2) is 40.5 Å². The quantitative estimate of drug-likeness (QED) is 0.780. The molecule has 1 amide bonds. The molecular formula is C20H23N3O3. The van der Waals surface area contributed by atoms with E-state index in [2.05, 4.69) is 9.97 Å². The third kappa shape index (κ3) is 2.80. The summed E-state index contributed by atoms with van der Waals surface area (Å²) in [5, 5.41) is 0.942. The molecule has 1 fully saturated rings. The van der Waals surface area contributed by atoms with Gasteiger partial charge < -0.3 is 19.0 Å². The number of nitrogens with zero attached hydrogens (tertiary/aromatic N) is 2. The Kier molecular flexibility index (Phi) is 4.07. The number of methoxy groups -OCH3 is 1. The number of fused-ring (bicyclic) bond motifs is 1. The highest BCUT2D eigenvalue weighted by molar-refractivity contribution is 5.96. The van der Waals surface area contributed by atoms with Crippen LogP contribution < -0.4 is 0 Å². The molecule has 0 bridgehead atoms. The number of amides is 1. The normalized spacial score (nSPS) is 20.2. The molecule has 0 spiro atoms. The van der Waals surface area contributed by atoms with E-state index in [1.54, 1.807) is 12.0 Å². The van der Waals surface area contributed by atoms with Gasteiger partial charge in [0.2, 0.25) is 0 Å². The van der Waals surface area contributed by atoms with Gasteiger partial charge in [0.25, 0.3) is 5.91 Å². The lowest BCUT2D eigenvalue weighted by molar-refractivity contribution is 0.0656. The second-order valence-corrected chi connectivity index (χ2v) is 7.05. The van der Waals surface area contributed by atoms with Crippen LogP contribution in [0.1, 0.15) is 45.8 Å². The van der Waals surface area contributed by atoms with Crippen molar-refractivity contribution in [1.29, 1.82) is 0 Å². The average Bonchev–Trinajstić information content (AvgIpc) is 3.31. The molecule has 6 nitrogen and oxygen atoms in total. The number of carbonyl (C=O) groups excluding carboxylic acids is 1. The molecule has 0 aliphatic carbocycles. The van der Waals surface area contributed by atoms with Crippen LogP contribution in [-0.2, 0) is 4.74 Å². The largest absolute Gasteiger partial charge is 0.451 e. The van der Waals surface area contributed by atoms with Crippen LogP contribution in [0, 0.1) is 20.8 Å². The topological polar surface area (TPSA) is 71.4 Å². The molecule has 26 heavy (non-hydrogen) atoms. The first-order valence-electron chi connectivity index (χ1n) is 8.83. The summed E-state index contributed by atoms with van der Waals surface area (Å²) < 4.78 is 11.3. The molecule has 1 aliphatic rings. The fraction of sp³-hybridized carbons (Fsp3) is 0.400. The van der Waals surface area contributed by atoms with Crippen molar-refractivity contribution in [3.05, 3.63) is 52.8 Å². The Labute approximate surface area is 152 Å². The predicted molar refractivity (Wildman–Crippen MR) is 98.2 cm³/mol. The van der Waals surface area contributed by atoms with E-state index in [1.165, 1.54) is 0 Å². The van der Waals surface area contributed by atoms with E-state index >= 15 is 0 Å². The van der Waals surface area contributed by atoms with Gasteiger partial charge in [0, 0.05) is 31.2 Å². The van der Waals surface area contributed by atoms with Crippen LogP contribution in [0.15, 0.2) is 28.7 Å². The van der Waals surface area contributed by atoms with Crippen LogP contribution in [0.4, 0.5) is 0 Å². The Morgan fingerprint density at radius 2 is 2.12 bits per heavy atom. The highest BCUT2D eigenvalue weighted by atomic mass is 16.5. The van der Waals surface area contributed by atoms with Crippen molar-refractivity contribution in [3.8, 4) is 0 Å². The number of hydrogen-bond donors (Lipinski definition) is 1. The van der Waals surface area contributed by atoms with E-state index < -0.39 is 0 Å². The van der Waals surface area contributed by atoms with Crippen molar-refractivity contribution in [2.24, 2.45) is 0 Å². The van der Waals surface area contributed by atoms with Gasteiger partial charge in [0.05, 0.1) is 17.8 Å². The number of nitrogens with one attached hydrogen (secondary N) is 1. The molecule has 1 saturated heterocycles. The Morgan fingerprint density at radius 3 is 2.81 bits per heavy atom. The van der Waals surface area contributed by atoms with E-state index in [1.807, 2.05) is 45.0 Å². The van der Waals surface area contributed by atoms with Crippen LogP contribution in [0.3, 0.4) is 0 Å². The number of furan rings is 1. The maximum absolute atomic E-state index is 13.2. The minimum absolute atomic E-state index is 0.0127. The molecule has 4 rings (SSSR count). The van der Waals surface area contributed by atoms with E-state index in [0.29, 0.717) is 18.7 Å². The number of rotatable bonds is 3. The zero-order chi connectivity index (χ0) is 18.4. The van der Waals surface area contributed by atoms with Gasteiger partial charge >= 0.3 is 0 Å². The Balaban J connectivity index is 1.69. The monoisotopic (exact) mass is 353 g/mol. The lowest BCUT2D eigenvalue weighted by Crippen LogP contribution is -2.32. The van der Waals surface area contributed by atoms with E-state index in [-0.39, 0.29) is 18.1 Å². The first-order valence-corrected chi connectivity index (χ1v) is 8.83. The fourth-order valence-electron chi connectivity index (χ4n) is 3.59. The maximum atomic E-state index is 13.2. The number of likely N-dealkylation sites (tertiary alicyclic amines) is 1. The molecule has 1 aliphatic heterocycles. The molecule has 2 aromatic heterocycles. The molecule has 0 radical (unpaired) electrons. The highest BCUT2D eigenvalue weighted by Crippen LogP contribution is 2.34. The van der Waals surface area contributed by atoms with Crippen molar-refractivity contribution >= 4 is 16.9 Å². The molecule has 1 aromatic carbocycles. The molecule has 136 valence electrons. The number of aromatic amines is 1. The van der Waals surface area contributed by atoms with Gasteiger partial charge in [0.15, 0.2) is 5.76 Å². The molecule has 2 atom stereocenters. The average molecular weight is 353 g/mol. The Bertz CT molecular complexity index is 953. The lowest BCUT2D eigenvalue weighted by Gasteiger charge is -2.21. The summed E-state index contributed by atoms with van der Waals surface area (Å²) in [5.41, 5.74) is 3.83. The third-order valence-electron chi connectivity index (χ3n) is 5.20. The summed E-state index contributed by atoms with van der Waals surface area (Å²) in [6, 6.07) is 7.58. The zero-order valence-electron chi connectivity index (χ0n) is 15.5. The van der Waals surface area contributed by atoms with Crippen molar-refractivity contribution in [3.63, 3.8) is 0 Å². The van der Waals surface area contributed by atoms with Gasteiger partial charge in [-0.05, 0) is 39.0 Å². The molecule has 0 unspecified atom stereocenters. The van der Waals surface area contributed by atoms with E-state index in [4.69, 9.17) is 9.15 Å². The zero-order valence-corrected chi connectivity index (χ0v) is 15.5. The summed E-state index contributed by atoms with van der Waals surface area (Å²) in [5.74, 6) is 1.03. The van der Waals surface area contributed by atoms with Gasteiger partial charge in [-0.25, -0.2) is 4.98 Å². The van der Waals surface area contributed by atoms with E-state index in [0.717, 1.165) is 33.7 Å². The smallest absolute Gasteiger partial charge is 0.290 e. The van der Waals surface area contributed by atoms with E-state index in [9.17, 15) is 4.79 Å². The molecular weight excluding hydrogens is 330 g/mol. The van der Waals surface area contributed by atoms with Gasteiger partial charge in [-0.1, -0.05) is 11.6 Å². The minimum Gasteiger partial charge on any atom is -0.451 e. The first kappa shape index (κ1) is 16.8. The van der Waals surface area contributed by atoms with Gasteiger partial charge in [-0.15, -0.1) is 0 Å². The summed E-state index contributed by atoms with van der Waals surface area (Å²) in [7, 11) is 1.68. The predicted octanol–water partition coefficient (Wildman–Crippen LogP) is 3.68. The number of H-pyrrole nitrogens is 1. The Hall–Kier alpha value is -2.60. The van der Waals surface area contributed by atoms with Gasteiger partial charge in [-0.2, -0.15) is 0 Å². The molecule has 6 heteroatoms. The lowest BCUT2D eigenvalue weighted by atomic mass is 10.1. The van der Waals surface area contributed by atoms with Crippen molar-refractivity contribution in [1.82, 2.24) is 14.9 Å².